The van der Waals surface area contributed by atoms with Crippen LogP contribution in [0, 0.1) is 0 Å². The SMILES string of the molecule is CCCCCCCCCCCCNS(=O)(=O)c1ccc(CN(Cc2ccccc2)C(=O)C(=O)OCC)s1. The summed E-state index contributed by atoms with van der Waals surface area (Å²) in [4.78, 5) is 26.9. The lowest BCUT2D eigenvalue weighted by atomic mass is 10.1. The summed E-state index contributed by atoms with van der Waals surface area (Å²) in [5, 5.41) is 0. The van der Waals surface area contributed by atoms with Crippen molar-refractivity contribution in [1.29, 1.82) is 0 Å². The number of sulfonamides is 1. The maximum atomic E-state index is 12.8. The molecule has 1 aromatic carbocycles. The lowest BCUT2D eigenvalue weighted by molar-refractivity contribution is -0.160. The monoisotopic (exact) mass is 550 g/mol. The fraction of sp³-hybridized carbons (Fsp3) is 0.571. The van der Waals surface area contributed by atoms with Crippen molar-refractivity contribution in [3.8, 4) is 0 Å². The second-order valence-corrected chi connectivity index (χ2v) is 12.3. The molecular formula is C28H42N2O5S2. The van der Waals surface area contributed by atoms with E-state index in [-0.39, 0.29) is 23.9 Å². The Labute approximate surface area is 226 Å². The number of esters is 1. The topological polar surface area (TPSA) is 92.8 Å². The molecule has 0 saturated carbocycles. The van der Waals surface area contributed by atoms with Gasteiger partial charge in [0.15, 0.2) is 0 Å². The molecule has 37 heavy (non-hydrogen) atoms. The first-order chi connectivity index (χ1) is 17.9. The predicted molar refractivity (Wildman–Crippen MR) is 149 cm³/mol. The Balaban J connectivity index is 1.84. The summed E-state index contributed by atoms with van der Waals surface area (Å²) in [7, 11) is -3.62. The van der Waals surface area contributed by atoms with Crippen LogP contribution < -0.4 is 4.72 Å². The molecule has 0 radical (unpaired) electrons. The van der Waals surface area contributed by atoms with Crippen molar-refractivity contribution < 1.29 is 22.7 Å². The fourth-order valence-electron chi connectivity index (χ4n) is 3.99. The number of hydrogen-bond donors (Lipinski definition) is 1. The molecule has 0 bridgehead atoms. The van der Waals surface area contributed by atoms with Gasteiger partial charge in [-0.25, -0.2) is 17.9 Å². The summed E-state index contributed by atoms with van der Waals surface area (Å²) in [6, 6.07) is 12.6. The molecule has 0 spiro atoms. The molecule has 206 valence electrons. The fourth-order valence-corrected chi connectivity index (χ4v) is 6.48. The van der Waals surface area contributed by atoms with Crippen LogP contribution >= 0.6 is 11.3 Å². The summed E-state index contributed by atoms with van der Waals surface area (Å²) < 4.78 is 33.3. The van der Waals surface area contributed by atoms with Crippen LogP contribution in [0.4, 0.5) is 0 Å². The van der Waals surface area contributed by atoms with Crippen molar-refractivity contribution in [2.45, 2.75) is 95.4 Å². The van der Waals surface area contributed by atoms with E-state index >= 15 is 0 Å². The average molecular weight is 551 g/mol. The minimum Gasteiger partial charge on any atom is -0.459 e. The number of ether oxygens (including phenoxy) is 1. The minimum absolute atomic E-state index is 0.107. The first-order valence-corrected chi connectivity index (χ1v) is 15.8. The van der Waals surface area contributed by atoms with Gasteiger partial charge in [0.05, 0.1) is 13.2 Å². The van der Waals surface area contributed by atoms with Crippen LogP contribution in [0.5, 0.6) is 0 Å². The maximum Gasteiger partial charge on any atom is 0.397 e. The zero-order valence-corrected chi connectivity index (χ0v) is 23.9. The van der Waals surface area contributed by atoms with Crippen LogP contribution in [0.2, 0.25) is 0 Å². The molecule has 1 heterocycles. The Morgan fingerprint density at radius 3 is 2.08 bits per heavy atom. The Hall–Kier alpha value is -2.23. The van der Waals surface area contributed by atoms with Gasteiger partial charge in [-0.15, -0.1) is 11.3 Å². The number of hydrogen-bond acceptors (Lipinski definition) is 6. The van der Waals surface area contributed by atoms with Crippen LogP contribution in [0.1, 0.15) is 88.5 Å². The van der Waals surface area contributed by atoms with E-state index in [9.17, 15) is 18.0 Å². The van der Waals surface area contributed by atoms with E-state index in [4.69, 9.17) is 4.74 Å². The standard InChI is InChI=1S/C28H42N2O5S2/c1-3-5-6-7-8-9-10-11-12-16-21-29-37(33,34)26-20-19-25(36-26)23-30(27(31)28(32)35-4-2)22-24-17-14-13-15-18-24/h13-15,17-20,29H,3-12,16,21-23H2,1-2H3. The van der Waals surface area contributed by atoms with Crippen LogP contribution in [0.15, 0.2) is 46.7 Å². The third-order valence-corrected chi connectivity index (χ3v) is 9.05. The number of thiophene rings is 1. The van der Waals surface area contributed by atoms with Gasteiger partial charge in [-0.05, 0) is 31.0 Å². The second kappa shape index (κ2) is 17.3. The van der Waals surface area contributed by atoms with Gasteiger partial charge in [-0.1, -0.05) is 95.0 Å². The van der Waals surface area contributed by atoms with E-state index in [2.05, 4.69) is 11.6 Å². The molecular weight excluding hydrogens is 508 g/mol. The normalized spacial score (nSPS) is 11.4. The number of amides is 1. The van der Waals surface area contributed by atoms with Crippen LogP contribution in [-0.2, 0) is 37.4 Å². The molecule has 2 rings (SSSR count). The number of benzene rings is 1. The molecule has 0 fully saturated rings. The molecule has 0 aliphatic rings. The summed E-state index contributed by atoms with van der Waals surface area (Å²) >= 11 is 1.11. The molecule has 0 atom stereocenters. The van der Waals surface area contributed by atoms with Crippen molar-refractivity contribution in [2.24, 2.45) is 0 Å². The molecule has 0 unspecified atom stereocenters. The van der Waals surface area contributed by atoms with E-state index in [0.717, 1.165) is 36.2 Å². The van der Waals surface area contributed by atoms with Gasteiger partial charge in [0, 0.05) is 18.0 Å². The van der Waals surface area contributed by atoms with Crippen molar-refractivity contribution in [2.75, 3.05) is 13.2 Å². The quantitative estimate of drug-likeness (QED) is 0.139. The lowest BCUT2D eigenvalue weighted by Crippen LogP contribution is -2.36. The Morgan fingerprint density at radius 2 is 1.46 bits per heavy atom. The minimum atomic E-state index is -3.62. The number of nitrogens with one attached hydrogen (secondary N) is 1. The van der Waals surface area contributed by atoms with E-state index in [1.165, 1.54) is 49.8 Å². The van der Waals surface area contributed by atoms with E-state index in [0.29, 0.717) is 11.4 Å². The molecule has 1 N–H and O–H groups in total. The molecule has 0 saturated heterocycles. The van der Waals surface area contributed by atoms with Gasteiger partial charge in [-0.2, -0.15) is 0 Å². The highest BCUT2D eigenvalue weighted by Crippen LogP contribution is 2.24. The molecule has 1 aromatic heterocycles. The largest absolute Gasteiger partial charge is 0.459 e. The third kappa shape index (κ3) is 11.8. The number of unbranched alkanes of at least 4 members (excludes halogenated alkanes) is 9. The van der Waals surface area contributed by atoms with Gasteiger partial charge >= 0.3 is 11.9 Å². The lowest BCUT2D eigenvalue weighted by Gasteiger charge is -2.21. The Morgan fingerprint density at radius 1 is 0.838 bits per heavy atom. The van der Waals surface area contributed by atoms with Crippen molar-refractivity contribution in [1.82, 2.24) is 9.62 Å². The maximum absolute atomic E-state index is 12.8. The van der Waals surface area contributed by atoms with Gasteiger partial charge in [0.2, 0.25) is 10.0 Å². The molecule has 0 aliphatic heterocycles. The number of rotatable bonds is 18. The molecule has 7 nitrogen and oxygen atoms in total. The number of carbonyl (C=O) groups is 2. The van der Waals surface area contributed by atoms with Crippen LogP contribution in [0.25, 0.3) is 0 Å². The summed E-state index contributed by atoms with van der Waals surface area (Å²) in [5.74, 6) is -1.66. The molecule has 0 aliphatic carbocycles. The molecule has 2 aromatic rings. The summed E-state index contributed by atoms with van der Waals surface area (Å²) in [6.07, 6.45) is 11.9. The van der Waals surface area contributed by atoms with Crippen LogP contribution in [-0.4, -0.2) is 38.3 Å². The average Bonchev–Trinajstić information content (AvgIpc) is 3.37. The van der Waals surface area contributed by atoms with Gasteiger partial charge < -0.3 is 9.64 Å². The highest BCUT2D eigenvalue weighted by molar-refractivity contribution is 7.91. The van der Waals surface area contributed by atoms with E-state index in [1.54, 1.807) is 19.1 Å². The van der Waals surface area contributed by atoms with Crippen LogP contribution in [0.3, 0.4) is 0 Å². The van der Waals surface area contributed by atoms with Gasteiger partial charge in [-0.3, -0.25) is 4.79 Å². The predicted octanol–water partition coefficient (Wildman–Crippen LogP) is 6.04. The van der Waals surface area contributed by atoms with E-state index in [1.807, 2.05) is 30.3 Å². The van der Waals surface area contributed by atoms with Crippen molar-refractivity contribution in [3.05, 3.63) is 52.9 Å². The third-order valence-electron chi connectivity index (χ3n) is 6.02. The number of nitrogens with zero attached hydrogens (tertiary/aromatic N) is 1. The van der Waals surface area contributed by atoms with Crippen molar-refractivity contribution in [3.63, 3.8) is 0 Å². The first kappa shape index (κ1) is 31.0. The highest BCUT2D eigenvalue weighted by atomic mass is 32.2. The highest BCUT2D eigenvalue weighted by Gasteiger charge is 2.25. The Bertz CT molecular complexity index is 1040. The van der Waals surface area contributed by atoms with Gasteiger partial charge in [0.1, 0.15) is 4.21 Å². The Kier molecular flexibility index (Phi) is 14.5. The van der Waals surface area contributed by atoms with Crippen molar-refractivity contribution >= 4 is 33.2 Å². The first-order valence-electron chi connectivity index (χ1n) is 13.5. The zero-order valence-electron chi connectivity index (χ0n) is 22.2. The zero-order chi connectivity index (χ0) is 26.9. The molecule has 1 amide bonds. The molecule has 9 heteroatoms. The number of carbonyl (C=O) groups excluding carboxylic acids is 2. The van der Waals surface area contributed by atoms with E-state index < -0.39 is 21.9 Å². The summed E-state index contributed by atoms with van der Waals surface area (Å²) in [6.45, 7) is 4.72. The second-order valence-electron chi connectivity index (χ2n) is 9.17. The smallest absolute Gasteiger partial charge is 0.397 e. The van der Waals surface area contributed by atoms with Gasteiger partial charge in [0.25, 0.3) is 0 Å². The summed E-state index contributed by atoms with van der Waals surface area (Å²) in [5.41, 5.74) is 0.864.